The predicted molar refractivity (Wildman–Crippen MR) is 155 cm³/mol. The molecule has 12 heteroatoms. The number of amides is 3. The van der Waals surface area contributed by atoms with Gasteiger partial charge in [0.15, 0.2) is 0 Å². The minimum absolute atomic E-state index is 0.0242. The second-order valence-electron chi connectivity index (χ2n) is 11.2. The van der Waals surface area contributed by atoms with E-state index in [2.05, 4.69) is 30.9 Å². The summed E-state index contributed by atoms with van der Waals surface area (Å²) in [5.74, 6) is -2.80. The molecule has 3 amide bonds. The van der Waals surface area contributed by atoms with Gasteiger partial charge in [-0.25, -0.2) is 9.78 Å². The van der Waals surface area contributed by atoms with Crippen molar-refractivity contribution in [1.29, 1.82) is 0 Å². The summed E-state index contributed by atoms with van der Waals surface area (Å²) in [5.41, 5.74) is 8.65. The van der Waals surface area contributed by atoms with Crippen LogP contribution >= 0.6 is 0 Å². The summed E-state index contributed by atoms with van der Waals surface area (Å²) in [6.07, 6.45) is 5.64. The van der Waals surface area contributed by atoms with Crippen LogP contribution in [-0.4, -0.2) is 67.9 Å². The number of hydrogen-bond acceptors (Lipinski definition) is 6. The van der Waals surface area contributed by atoms with Crippen LogP contribution in [-0.2, 0) is 32.0 Å². The highest BCUT2D eigenvalue weighted by Gasteiger charge is 2.31. The SMILES string of the molecule is CC(C)CC(NC(=O)C(Cc1cnc[nH]1)NC(=O)C(CC(C)C)NC(=O)C(N)Cc1c[nH]c2ccccc12)C(=O)O. The van der Waals surface area contributed by atoms with E-state index in [4.69, 9.17) is 5.73 Å². The smallest absolute Gasteiger partial charge is 0.326 e. The van der Waals surface area contributed by atoms with Crippen molar-refractivity contribution >= 4 is 34.6 Å². The van der Waals surface area contributed by atoms with Crippen molar-refractivity contribution in [3.05, 3.63) is 54.2 Å². The van der Waals surface area contributed by atoms with Crippen molar-refractivity contribution < 1.29 is 24.3 Å². The first-order chi connectivity index (χ1) is 19.4. The number of nitrogens with two attached hydrogens (primary N) is 1. The number of benzene rings is 1. The first kappa shape index (κ1) is 31.3. The summed E-state index contributed by atoms with van der Waals surface area (Å²) in [4.78, 5) is 61.6. The molecule has 0 saturated carbocycles. The van der Waals surface area contributed by atoms with E-state index in [0.29, 0.717) is 12.1 Å². The highest BCUT2D eigenvalue weighted by Crippen LogP contribution is 2.19. The van der Waals surface area contributed by atoms with Gasteiger partial charge < -0.3 is 36.8 Å². The second-order valence-corrected chi connectivity index (χ2v) is 11.2. The number of imidazole rings is 1. The number of aromatic nitrogens is 3. The molecule has 41 heavy (non-hydrogen) atoms. The molecule has 0 spiro atoms. The molecule has 0 aliphatic rings. The largest absolute Gasteiger partial charge is 0.480 e. The summed E-state index contributed by atoms with van der Waals surface area (Å²) >= 11 is 0. The van der Waals surface area contributed by atoms with Crippen LogP contribution in [0.1, 0.15) is 51.8 Å². The molecule has 4 atom stereocenters. The molecule has 0 radical (unpaired) electrons. The summed E-state index contributed by atoms with van der Waals surface area (Å²) < 4.78 is 0. The van der Waals surface area contributed by atoms with Gasteiger partial charge in [-0.15, -0.1) is 0 Å². The molecule has 0 fully saturated rings. The minimum Gasteiger partial charge on any atom is -0.480 e. The molecular formula is C29H41N7O5. The average Bonchev–Trinajstić information content (AvgIpc) is 3.57. The summed E-state index contributed by atoms with van der Waals surface area (Å²) in [5, 5.41) is 18.6. The fourth-order valence-electron chi connectivity index (χ4n) is 4.67. The number of carboxylic acids is 1. The van der Waals surface area contributed by atoms with Crippen LogP contribution in [0, 0.1) is 11.8 Å². The molecule has 0 aliphatic heterocycles. The number of rotatable bonds is 15. The normalized spacial score (nSPS) is 14.4. The topological polar surface area (TPSA) is 195 Å². The first-order valence-electron chi connectivity index (χ1n) is 13.9. The van der Waals surface area contributed by atoms with Gasteiger partial charge in [-0.1, -0.05) is 45.9 Å². The second kappa shape index (κ2) is 14.4. The van der Waals surface area contributed by atoms with Gasteiger partial charge in [0.25, 0.3) is 0 Å². The molecule has 0 bridgehead atoms. The van der Waals surface area contributed by atoms with Crippen LogP contribution in [0.25, 0.3) is 10.9 Å². The van der Waals surface area contributed by atoms with Gasteiger partial charge in [-0.3, -0.25) is 14.4 Å². The maximum absolute atomic E-state index is 13.5. The lowest BCUT2D eigenvalue weighted by atomic mass is 10.00. The van der Waals surface area contributed by atoms with Gasteiger partial charge in [-0.2, -0.15) is 0 Å². The molecule has 12 nitrogen and oxygen atoms in total. The average molecular weight is 568 g/mol. The lowest BCUT2D eigenvalue weighted by Gasteiger charge is -2.26. The number of nitrogens with zero attached hydrogens (tertiary/aromatic N) is 1. The van der Waals surface area contributed by atoms with Gasteiger partial charge in [0.2, 0.25) is 17.7 Å². The van der Waals surface area contributed by atoms with Crippen molar-refractivity contribution in [3.63, 3.8) is 0 Å². The molecule has 0 saturated heterocycles. The number of hydrogen-bond donors (Lipinski definition) is 7. The highest BCUT2D eigenvalue weighted by atomic mass is 16.4. The Morgan fingerprint density at radius 1 is 0.854 bits per heavy atom. The van der Waals surface area contributed by atoms with Gasteiger partial charge in [0.05, 0.1) is 12.4 Å². The highest BCUT2D eigenvalue weighted by molar-refractivity contribution is 5.94. The summed E-state index contributed by atoms with van der Waals surface area (Å²) in [6.45, 7) is 7.54. The predicted octanol–water partition coefficient (Wildman–Crippen LogP) is 1.63. The summed E-state index contributed by atoms with van der Waals surface area (Å²) in [6, 6.07) is 3.61. The van der Waals surface area contributed by atoms with Crippen LogP contribution in [0.3, 0.4) is 0 Å². The van der Waals surface area contributed by atoms with E-state index in [9.17, 15) is 24.3 Å². The van der Waals surface area contributed by atoms with Crippen LogP contribution in [0.5, 0.6) is 0 Å². The zero-order chi connectivity index (χ0) is 30.1. The number of carboxylic acid groups (broad SMARTS) is 1. The Bertz CT molecular complexity index is 1320. The Morgan fingerprint density at radius 3 is 2.10 bits per heavy atom. The van der Waals surface area contributed by atoms with Crippen molar-refractivity contribution in [2.45, 2.75) is 77.5 Å². The van der Waals surface area contributed by atoms with Gasteiger partial charge in [0, 0.05) is 35.4 Å². The standard InChI is InChI=1S/C29H41N7O5/c1-16(2)9-23(34-26(37)21(30)11-18-13-32-22-8-6-5-7-20(18)22)27(38)35-24(12-19-14-31-15-33-19)28(39)36-25(29(40)41)10-17(3)4/h5-8,13-17,21,23-25,32H,9-12,30H2,1-4H3,(H,31,33)(H,34,37)(H,35,38)(H,36,39)(H,40,41). The van der Waals surface area contributed by atoms with E-state index in [-0.39, 0.29) is 31.1 Å². The lowest BCUT2D eigenvalue weighted by Crippen LogP contribution is -2.58. The number of aliphatic carboxylic acids is 1. The van der Waals surface area contributed by atoms with Crippen molar-refractivity contribution in [2.75, 3.05) is 0 Å². The first-order valence-corrected chi connectivity index (χ1v) is 13.9. The Kier molecular flexibility index (Phi) is 11.0. The zero-order valence-corrected chi connectivity index (χ0v) is 23.9. The maximum atomic E-state index is 13.5. The minimum atomic E-state index is -1.16. The Morgan fingerprint density at radius 2 is 1.46 bits per heavy atom. The number of fused-ring (bicyclic) bond motifs is 1. The molecule has 2 aromatic heterocycles. The van der Waals surface area contributed by atoms with E-state index in [1.165, 1.54) is 12.5 Å². The number of carbonyl (C=O) groups is 4. The van der Waals surface area contributed by atoms with Gasteiger partial charge in [0.1, 0.15) is 18.1 Å². The van der Waals surface area contributed by atoms with E-state index in [1.54, 1.807) is 0 Å². The molecule has 0 aliphatic carbocycles. The third kappa shape index (κ3) is 9.17. The number of nitrogens with one attached hydrogen (secondary N) is 5. The summed E-state index contributed by atoms with van der Waals surface area (Å²) in [7, 11) is 0. The maximum Gasteiger partial charge on any atom is 0.326 e. The zero-order valence-electron chi connectivity index (χ0n) is 23.9. The van der Waals surface area contributed by atoms with Gasteiger partial charge >= 0.3 is 5.97 Å². The molecule has 222 valence electrons. The number of para-hydroxylation sites is 1. The van der Waals surface area contributed by atoms with Crippen LogP contribution in [0.2, 0.25) is 0 Å². The lowest BCUT2D eigenvalue weighted by molar-refractivity contribution is -0.142. The van der Waals surface area contributed by atoms with Crippen molar-refractivity contribution in [1.82, 2.24) is 30.9 Å². The van der Waals surface area contributed by atoms with Crippen molar-refractivity contribution in [3.8, 4) is 0 Å². The fourth-order valence-corrected chi connectivity index (χ4v) is 4.67. The quantitative estimate of drug-likeness (QED) is 0.145. The Labute approximate surface area is 239 Å². The number of aromatic amines is 2. The molecule has 8 N–H and O–H groups in total. The number of H-pyrrole nitrogens is 2. The Hall–Kier alpha value is -4.19. The third-order valence-corrected chi connectivity index (χ3v) is 6.73. The van der Waals surface area contributed by atoms with Gasteiger partial charge in [-0.05, 0) is 42.7 Å². The van der Waals surface area contributed by atoms with Crippen LogP contribution in [0.15, 0.2) is 43.0 Å². The van der Waals surface area contributed by atoms with E-state index < -0.39 is 47.9 Å². The molecule has 1 aromatic carbocycles. The molecule has 3 aromatic rings. The van der Waals surface area contributed by atoms with Crippen LogP contribution in [0.4, 0.5) is 0 Å². The van der Waals surface area contributed by atoms with E-state index in [0.717, 1.165) is 16.5 Å². The molecule has 3 rings (SSSR count). The molecule has 2 heterocycles. The third-order valence-electron chi connectivity index (χ3n) is 6.73. The van der Waals surface area contributed by atoms with E-state index in [1.807, 2.05) is 58.2 Å². The van der Waals surface area contributed by atoms with E-state index >= 15 is 0 Å². The number of carbonyl (C=O) groups excluding carboxylic acids is 3. The van der Waals surface area contributed by atoms with Crippen molar-refractivity contribution in [2.24, 2.45) is 17.6 Å². The fraction of sp³-hybridized carbons (Fsp3) is 0.483. The molecule has 4 unspecified atom stereocenters. The monoisotopic (exact) mass is 567 g/mol. The van der Waals surface area contributed by atoms with Crippen LogP contribution < -0.4 is 21.7 Å². The Balaban J connectivity index is 1.73. The molecular weight excluding hydrogens is 526 g/mol.